The highest BCUT2D eigenvalue weighted by Gasteiger charge is 2.28. The first-order valence-electron chi connectivity index (χ1n) is 9.08. The van der Waals surface area contributed by atoms with Crippen LogP contribution < -0.4 is 4.90 Å². The average molecular weight is 384 g/mol. The molecule has 1 unspecified atom stereocenters. The van der Waals surface area contributed by atoms with E-state index in [4.69, 9.17) is 4.74 Å². The number of ether oxygens (including phenoxy) is 1. The highest BCUT2D eigenvalue weighted by Crippen LogP contribution is 2.32. The lowest BCUT2D eigenvalue weighted by Gasteiger charge is -2.24. The predicted octanol–water partition coefficient (Wildman–Crippen LogP) is 4.88. The van der Waals surface area contributed by atoms with E-state index in [0.29, 0.717) is 29.4 Å². The number of rotatable bonds is 4. The van der Waals surface area contributed by atoms with Gasteiger partial charge in [0.2, 0.25) is 0 Å². The molecule has 0 bridgehead atoms. The van der Waals surface area contributed by atoms with E-state index in [1.165, 1.54) is 17.4 Å². The van der Waals surface area contributed by atoms with E-state index in [0.717, 1.165) is 28.7 Å². The van der Waals surface area contributed by atoms with E-state index in [2.05, 4.69) is 4.98 Å². The van der Waals surface area contributed by atoms with Crippen LogP contribution in [-0.4, -0.2) is 30.1 Å². The molecule has 1 fully saturated rings. The van der Waals surface area contributed by atoms with Crippen molar-refractivity contribution in [2.24, 2.45) is 0 Å². The largest absolute Gasteiger partial charge is 0.376 e. The van der Waals surface area contributed by atoms with Crippen LogP contribution in [0.1, 0.15) is 34.3 Å². The number of para-hydroxylation sites is 1. The first-order chi connectivity index (χ1) is 13.0. The fraction of sp³-hybridized carbons (Fsp3) is 0.333. The van der Waals surface area contributed by atoms with Crippen LogP contribution in [0, 0.1) is 19.7 Å². The average Bonchev–Trinajstić information content (AvgIpc) is 3.29. The summed E-state index contributed by atoms with van der Waals surface area (Å²) >= 11 is 1.33. The van der Waals surface area contributed by atoms with Gasteiger partial charge in [0, 0.05) is 12.2 Å². The Morgan fingerprint density at radius 1 is 1.33 bits per heavy atom. The van der Waals surface area contributed by atoms with E-state index in [1.54, 1.807) is 11.0 Å². The number of amides is 1. The summed E-state index contributed by atoms with van der Waals surface area (Å²) in [6.07, 6.45) is 1.89. The Bertz CT molecular complexity index is 995. The lowest BCUT2D eigenvalue weighted by atomic mass is 10.0. The molecule has 1 atom stereocenters. The molecule has 2 heterocycles. The van der Waals surface area contributed by atoms with E-state index < -0.39 is 0 Å². The van der Waals surface area contributed by atoms with Gasteiger partial charge in [-0.2, -0.15) is 0 Å². The zero-order valence-corrected chi connectivity index (χ0v) is 16.2. The van der Waals surface area contributed by atoms with Gasteiger partial charge in [-0.3, -0.25) is 9.69 Å². The Kier molecular flexibility index (Phi) is 4.93. The zero-order chi connectivity index (χ0) is 19.0. The molecule has 0 radical (unpaired) electrons. The number of thiazole rings is 1. The zero-order valence-electron chi connectivity index (χ0n) is 15.4. The van der Waals surface area contributed by atoms with Gasteiger partial charge in [0.25, 0.3) is 5.91 Å². The van der Waals surface area contributed by atoms with Crippen LogP contribution in [0.15, 0.2) is 36.4 Å². The van der Waals surface area contributed by atoms with Gasteiger partial charge < -0.3 is 4.74 Å². The first-order valence-corrected chi connectivity index (χ1v) is 9.90. The van der Waals surface area contributed by atoms with Crippen LogP contribution in [0.3, 0.4) is 0 Å². The van der Waals surface area contributed by atoms with Gasteiger partial charge in [-0.25, -0.2) is 9.37 Å². The molecule has 1 aliphatic rings. The highest BCUT2D eigenvalue weighted by molar-refractivity contribution is 7.22. The van der Waals surface area contributed by atoms with E-state index in [-0.39, 0.29) is 17.8 Å². The number of carbonyl (C=O) groups is 1. The first kappa shape index (κ1) is 18.1. The van der Waals surface area contributed by atoms with Crippen molar-refractivity contribution >= 4 is 32.6 Å². The second kappa shape index (κ2) is 7.37. The number of hydrogen-bond acceptors (Lipinski definition) is 4. The summed E-state index contributed by atoms with van der Waals surface area (Å²) in [5.41, 5.74) is 2.98. The molecular weight excluding hydrogens is 363 g/mol. The van der Waals surface area contributed by atoms with Crippen molar-refractivity contribution in [1.29, 1.82) is 0 Å². The van der Waals surface area contributed by atoms with Crippen LogP contribution in [0.4, 0.5) is 9.52 Å². The van der Waals surface area contributed by atoms with Crippen molar-refractivity contribution in [3.8, 4) is 0 Å². The number of hydrogen-bond donors (Lipinski definition) is 0. The molecule has 2 aromatic carbocycles. The number of halogens is 1. The maximum atomic E-state index is 14.1. The molecule has 0 N–H and O–H groups in total. The number of fused-ring (bicyclic) bond motifs is 1. The summed E-state index contributed by atoms with van der Waals surface area (Å²) in [5.74, 6) is -0.492. The van der Waals surface area contributed by atoms with E-state index >= 15 is 0 Å². The quantitative estimate of drug-likeness (QED) is 0.644. The van der Waals surface area contributed by atoms with Gasteiger partial charge in [-0.15, -0.1) is 0 Å². The molecule has 140 valence electrons. The highest BCUT2D eigenvalue weighted by atomic mass is 32.1. The van der Waals surface area contributed by atoms with E-state index in [1.807, 2.05) is 38.1 Å². The standard InChI is InChI=1S/C21H21FN2O2S/c1-13-8-9-16(14(2)11-13)20(25)24(12-15-5-4-10-26-15)21-23-19-17(22)6-3-7-18(19)27-21/h3,6-9,11,15H,4-5,10,12H2,1-2H3. The van der Waals surface area contributed by atoms with Gasteiger partial charge in [-0.05, 0) is 50.5 Å². The van der Waals surface area contributed by atoms with Gasteiger partial charge in [0.05, 0.1) is 17.3 Å². The van der Waals surface area contributed by atoms with Gasteiger partial charge in [-0.1, -0.05) is 35.1 Å². The van der Waals surface area contributed by atoms with Crippen molar-refractivity contribution in [1.82, 2.24) is 4.98 Å². The molecule has 4 nitrogen and oxygen atoms in total. The van der Waals surface area contributed by atoms with Crippen LogP contribution >= 0.6 is 11.3 Å². The van der Waals surface area contributed by atoms with Crippen LogP contribution in [-0.2, 0) is 4.74 Å². The van der Waals surface area contributed by atoms with Crippen molar-refractivity contribution in [3.05, 3.63) is 58.9 Å². The maximum Gasteiger partial charge on any atom is 0.260 e. The lowest BCUT2D eigenvalue weighted by Crippen LogP contribution is -2.37. The van der Waals surface area contributed by atoms with Gasteiger partial charge >= 0.3 is 0 Å². The number of carbonyl (C=O) groups excluding carboxylic acids is 1. The summed E-state index contributed by atoms with van der Waals surface area (Å²) in [5, 5.41) is 0.510. The van der Waals surface area contributed by atoms with Crippen LogP contribution in [0.25, 0.3) is 10.2 Å². The molecule has 0 aliphatic carbocycles. The van der Waals surface area contributed by atoms with Gasteiger partial charge in [0.1, 0.15) is 11.3 Å². The molecule has 0 saturated carbocycles. The topological polar surface area (TPSA) is 42.4 Å². The Hall–Kier alpha value is -2.31. The molecule has 27 heavy (non-hydrogen) atoms. The minimum Gasteiger partial charge on any atom is -0.376 e. The van der Waals surface area contributed by atoms with Crippen molar-refractivity contribution < 1.29 is 13.9 Å². The fourth-order valence-corrected chi connectivity index (χ4v) is 4.45. The molecule has 3 aromatic rings. The molecule has 1 amide bonds. The minimum absolute atomic E-state index is 0.0171. The third kappa shape index (κ3) is 3.59. The number of nitrogens with zero attached hydrogens (tertiary/aromatic N) is 2. The summed E-state index contributed by atoms with van der Waals surface area (Å²) in [7, 11) is 0. The summed E-state index contributed by atoms with van der Waals surface area (Å²) in [6, 6.07) is 10.7. The van der Waals surface area contributed by atoms with Crippen LogP contribution in [0.2, 0.25) is 0 Å². The van der Waals surface area contributed by atoms with E-state index in [9.17, 15) is 9.18 Å². The summed E-state index contributed by atoms with van der Waals surface area (Å²) < 4.78 is 20.6. The number of aromatic nitrogens is 1. The molecule has 0 spiro atoms. The number of aryl methyl sites for hydroxylation is 2. The van der Waals surface area contributed by atoms with Crippen molar-refractivity contribution in [2.45, 2.75) is 32.8 Å². The molecule has 1 aromatic heterocycles. The predicted molar refractivity (Wildman–Crippen MR) is 106 cm³/mol. The molecular formula is C21H21FN2O2S. The molecule has 4 rings (SSSR count). The monoisotopic (exact) mass is 384 g/mol. The van der Waals surface area contributed by atoms with Gasteiger partial charge in [0.15, 0.2) is 5.13 Å². The van der Waals surface area contributed by atoms with Crippen molar-refractivity contribution in [2.75, 3.05) is 18.1 Å². The third-order valence-electron chi connectivity index (χ3n) is 4.86. The summed E-state index contributed by atoms with van der Waals surface area (Å²) in [4.78, 5) is 19.5. The smallest absolute Gasteiger partial charge is 0.260 e. The number of anilines is 1. The molecule has 1 aliphatic heterocycles. The Morgan fingerprint density at radius 3 is 2.89 bits per heavy atom. The lowest BCUT2D eigenvalue weighted by molar-refractivity contribution is 0.0917. The fourth-order valence-electron chi connectivity index (χ4n) is 3.46. The SMILES string of the molecule is Cc1ccc(C(=O)N(CC2CCCO2)c2nc3c(F)cccc3s2)c(C)c1. The minimum atomic E-state index is -0.369. The molecule has 1 saturated heterocycles. The second-order valence-corrected chi connectivity index (χ2v) is 7.96. The normalized spacial score (nSPS) is 16.8. The maximum absolute atomic E-state index is 14.1. The Balaban J connectivity index is 1.75. The Labute approximate surface area is 161 Å². The molecule has 6 heteroatoms. The third-order valence-corrected chi connectivity index (χ3v) is 5.90. The van der Waals surface area contributed by atoms with Crippen molar-refractivity contribution in [3.63, 3.8) is 0 Å². The van der Waals surface area contributed by atoms with Crippen LogP contribution in [0.5, 0.6) is 0 Å². The Morgan fingerprint density at radius 2 is 2.19 bits per heavy atom. The summed E-state index contributed by atoms with van der Waals surface area (Å²) in [6.45, 7) is 5.07. The number of benzene rings is 2. The second-order valence-electron chi connectivity index (χ2n) is 6.95.